The van der Waals surface area contributed by atoms with Gasteiger partial charge in [-0.2, -0.15) is 5.26 Å². The SMILES string of the molecule is N#CN1[C@H]2CC[C@@H]1[C@H](NC(=O)c1cccc(-c3ccc(F)cc3)c1)C2. The van der Waals surface area contributed by atoms with Crippen molar-refractivity contribution in [3.8, 4) is 17.3 Å². The fourth-order valence-electron chi connectivity index (χ4n) is 4.03. The Balaban J connectivity index is 1.51. The maximum atomic E-state index is 13.1. The normalized spacial score (nSPS) is 24.2. The number of nitrogens with one attached hydrogen (secondary N) is 1. The van der Waals surface area contributed by atoms with E-state index < -0.39 is 0 Å². The van der Waals surface area contributed by atoms with Gasteiger partial charge < -0.3 is 10.2 Å². The van der Waals surface area contributed by atoms with Crippen LogP contribution in [0.1, 0.15) is 29.6 Å². The van der Waals surface area contributed by atoms with Crippen molar-refractivity contribution in [1.29, 1.82) is 5.26 Å². The standard InChI is InChI=1S/C20H18FN3O/c21-16-6-4-13(5-7-16)14-2-1-3-15(10-14)20(25)23-18-11-17-8-9-19(18)24(17)12-22/h1-7,10,17-19H,8-9,11H2,(H,23,25)/t17-,18+,19+/m0/s1. The molecule has 25 heavy (non-hydrogen) atoms. The van der Waals surface area contributed by atoms with Crippen molar-refractivity contribution in [2.45, 2.75) is 37.4 Å². The van der Waals surface area contributed by atoms with Gasteiger partial charge in [-0.1, -0.05) is 24.3 Å². The molecule has 0 aromatic heterocycles. The van der Waals surface area contributed by atoms with Crippen molar-refractivity contribution >= 4 is 5.91 Å². The van der Waals surface area contributed by atoms with E-state index in [1.54, 1.807) is 18.2 Å². The van der Waals surface area contributed by atoms with Crippen molar-refractivity contribution in [3.05, 3.63) is 59.9 Å². The molecule has 126 valence electrons. The maximum absolute atomic E-state index is 13.1. The zero-order chi connectivity index (χ0) is 17.4. The van der Waals surface area contributed by atoms with E-state index in [-0.39, 0.29) is 29.8 Å². The van der Waals surface area contributed by atoms with Crippen LogP contribution in [0.2, 0.25) is 0 Å². The second-order valence-corrected chi connectivity index (χ2v) is 6.71. The van der Waals surface area contributed by atoms with E-state index in [9.17, 15) is 14.4 Å². The maximum Gasteiger partial charge on any atom is 0.251 e. The molecule has 2 aliphatic heterocycles. The highest BCUT2D eigenvalue weighted by atomic mass is 19.1. The van der Waals surface area contributed by atoms with Gasteiger partial charge in [0.2, 0.25) is 0 Å². The minimum absolute atomic E-state index is 0.0281. The van der Waals surface area contributed by atoms with Gasteiger partial charge in [0.15, 0.2) is 6.19 Å². The minimum Gasteiger partial charge on any atom is -0.347 e. The fourth-order valence-corrected chi connectivity index (χ4v) is 4.03. The van der Waals surface area contributed by atoms with Crippen molar-refractivity contribution in [3.63, 3.8) is 0 Å². The summed E-state index contributed by atoms with van der Waals surface area (Å²) >= 11 is 0. The molecule has 0 saturated carbocycles. The molecule has 2 aliphatic rings. The first-order valence-corrected chi connectivity index (χ1v) is 8.50. The molecule has 0 unspecified atom stereocenters. The van der Waals surface area contributed by atoms with Crippen LogP contribution in [0, 0.1) is 17.3 Å². The van der Waals surface area contributed by atoms with Crippen LogP contribution < -0.4 is 5.32 Å². The molecular formula is C20H18FN3O. The van der Waals surface area contributed by atoms with Crippen LogP contribution in [0.5, 0.6) is 0 Å². The minimum atomic E-state index is -0.281. The molecule has 2 aromatic rings. The van der Waals surface area contributed by atoms with E-state index in [0.29, 0.717) is 5.56 Å². The van der Waals surface area contributed by atoms with Gasteiger partial charge in [0, 0.05) is 11.6 Å². The summed E-state index contributed by atoms with van der Waals surface area (Å²) < 4.78 is 13.1. The van der Waals surface area contributed by atoms with Crippen molar-refractivity contribution in [1.82, 2.24) is 10.2 Å². The number of hydrogen-bond acceptors (Lipinski definition) is 3. The van der Waals surface area contributed by atoms with Gasteiger partial charge in [0.05, 0.1) is 12.1 Å². The van der Waals surface area contributed by atoms with E-state index >= 15 is 0 Å². The third-order valence-electron chi connectivity index (χ3n) is 5.27. The Labute approximate surface area is 145 Å². The fraction of sp³-hybridized carbons (Fsp3) is 0.300. The van der Waals surface area contributed by atoms with Crippen LogP contribution in [0.15, 0.2) is 48.5 Å². The highest BCUT2D eigenvalue weighted by molar-refractivity contribution is 5.95. The third-order valence-corrected chi connectivity index (χ3v) is 5.27. The van der Waals surface area contributed by atoms with Crippen LogP contribution in [0.25, 0.3) is 11.1 Å². The van der Waals surface area contributed by atoms with Crippen LogP contribution in [0.3, 0.4) is 0 Å². The van der Waals surface area contributed by atoms with E-state index in [1.165, 1.54) is 12.1 Å². The number of halogens is 1. The second-order valence-electron chi connectivity index (χ2n) is 6.71. The molecule has 1 N–H and O–H groups in total. The third kappa shape index (κ3) is 2.85. The van der Waals surface area contributed by atoms with E-state index in [1.807, 2.05) is 23.1 Å². The molecule has 0 aliphatic carbocycles. The van der Waals surface area contributed by atoms with E-state index in [2.05, 4.69) is 11.5 Å². The number of rotatable bonds is 3. The number of carbonyl (C=O) groups excluding carboxylic acids is 1. The monoisotopic (exact) mass is 335 g/mol. The number of carbonyl (C=O) groups is 1. The van der Waals surface area contributed by atoms with Crippen LogP contribution in [0.4, 0.5) is 4.39 Å². The van der Waals surface area contributed by atoms with Crippen LogP contribution >= 0.6 is 0 Å². The summed E-state index contributed by atoms with van der Waals surface area (Å²) in [4.78, 5) is 14.5. The number of hydrogen-bond donors (Lipinski definition) is 1. The molecular weight excluding hydrogens is 317 g/mol. The van der Waals surface area contributed by atoms with E-state index in [4.69, 9.17) is 0 Å². The summed E-state index contributed by atoms with van der Waals surface area (Å²) in [5.41, 5.74) is 2.32. The predicted molar refractivity (Wildman–Crippen MR) is 92.0 cm³/mol. The average Bonchev–Trinajstić information content (AvgIpc) is 3.19. The van der Waals surface area contributed by atoms with Gasteiger partial charge in [-0.3, -0.25) is 4.79 Å². The van der Waals surface area contributed by atoms with Gasteiger partial charge >= 0.3 is 0 Å². The molecule has 2 heterocycles. The first-order chi connectivity index (χ1) is 12.2. The Morgan fingerprint density at radius 1 is 1.16 bits per heavy atom. The first kappa shape index (κ1) is 15.6. The Bertz CT molecular complexity index is 843. The van der Waals surface area contributed by atoms with Crippen LogP contribution in [-0.2, 0) is 0 Å². The zero-order valence-corrected chi connectivity index (χ0v) is 13.7. The van der Waals surface area contributed by atoms with Crippen LogP contribution in [-0.4, -0.2) is 28.9 Å². The molecule has 1 amide bonds. The molecule has 3 atom stereocenters. The number of nitrogens with zero attached hydrogens (tertiary/aromatic N) is 2. The molecule has 0 spiro atoms. The lowest BCUT2D eigenvalue weighted by atomic mass is 9.95. The van der Waals surface area contributed by atoms with Gasteiger partial charge in [-0.15, -0.1) is 0 Å². The number of benzene rings is 2. The smallest absolute Gasteiger partial charge is 0.251 e. The molecule has 2 aromatic carbocycles. The predicted octanol–water partition coefficient (Wildman–Crippen LogP) is 3.31. The summed E-state index contributed by atoms with van der Waals surface area (Å²) in [5.74, 6) is -0.407. The van der Waals surface area contributed by atoms with Gasteiger partial charge in [0.25, 0.3) is 5.91 Å². The lowest BCUT2D eigenvalue weighted by molar-refractivity contribution is 0.0928. The lowest BCUT2D eigenvalue weighted by Gasteiger charge is -2.22. The quantitative estimate of drug-likeness (QED) is 0.876. The number of nitriles is 1. The molecule has 2 bridgehead atoms. The molecule has 4 nitrogen and oxygen atoms in total. The second kappa shape index (κ2) is 6.21. The summed E-state index contributed by atoms with van der Waals surface area (Å²) in [6.07, 6.45) is 5.08. The molecule has 4 rings (SSSR count). The van der Waals surface area contributed by atoms with Gasteiger partial charge in [0.1, 0.15) is 5.82 Å². The van der Waals surface area contributed by atoms with E-state index in [0.717, 1.165) is 30.4 Å². The number of amides is 1. The molecule has 2 fully saturated rings. The van der Waals surface area contributed by atoms with Crippen molar-refractivity contribution < 1.29 is 9.18 Å². The Kier molecular flexibility index (Phi) is 3.89. The zero-order valence-electron chi connectivity index (χ0n) is 13.7. The van der Waals surface area contributed by atoms with Crippen molar-refractivity contribution in [2.75, 3.05) is 0 Å². The Morgan fingerprint density at radius 3 is 2.68 bits per heavy atom. The van der Waals surface area contributed by atoms with Gasteiger partial charge in [-0.25, -0.2) is 4.39 Å². The van der Waals surface area contributed by atoms with Gasteiger partial charge in [-0.05, 0) is 54.7 Å². The molecule has 2 saturated heterocycles. The summed E-state index contributed by atoms with van der Waals surface area (Å²) in [6, 6.07) is 14.0. The van der Waals surface area contributed by atoms with Crippen molar-refractivity contribution in [2.24, 2.45) is 0 Å². The lowest BCUT2D eigenvalue weighted by Crippen LogP contribution is -2.43. The Hall–Kier alpha value is -2.87. The largest absolute Gasteiger partial charge is 0.347 e. The number of fused-ring (bicyclic) bond motifs is 2. The Morgan fingerprint density at radius 2 is 1.96 bits per heavy atom. The topological polar surface area (TPSA) is 56.1 Å². The molecule has 0 radical (unpaired) electrons. The highest BCUT2D eigenvalue weighted by Gasteiger charge is 2.46. The summed E-state index contributed by atoms with van der Waals surface area (Å²) in [5, 5.41) is 12.3. The summed E-state index contributed by atoms with van der Waals surface area (Å²) in [6.45, 7) is 0. The summed E-state index contributed by atoms with van der Waals surface area (Å²) in [7, 11) is 0. The highest BCUT2D eigenvalue weighted by Crippen LogP contribution is 2.37. The average molecular weight is 335 g/mol. The first-order valence-electron chi connectivity index (χ1n) is 8.50. The molecule has 5 heteroatoms.